The molecule has 0 unspecified atom stereocenters. The van der Waals surface area contributed by atoms with Crippen LogP contribution in [0.5, 0.6) is 0 Å². The van der Waals surface area contributed by atoms with Crippen LogP contribution in [0.1, 0.15) is 0 Å². The Labute approximate surface area is 107 Å². The summed E-state index contributed by atoms with van der Waals surface area (Å²) < 4.78 is 0. The van der Waals surface area contributed by atoms with Gasteiger partial charge in [-0.25, -0.2) is 9.97 Å². The number of nitrogen functional groups attached to an aromatic ring is 1. The number of rotatable bonds is 2. The molecule has 6 heteroatoms. The molecule has 2 aromatic heterocycles. The van der Waals surface area contributed by atoms with Gasteiger partial charge in [0.2, 0.25) is 0 Å². The van der Waals surface area contributed by atoms with Crippen LogP contribution in [0.3, 0.4) is 0 Å². The summed E-state index contributed by atoms with van der Waals surface area (Å²) in [5.74, 6) is 0. The fourth-order valence-corrected chi connectivity index (χ4v) is 2.21. The number of pyridine rings is 2. The molecule has 0 amide bonds. The third-order valence-electron chi connectivity index (χ3n) is 1.76. The number of anilines is 1. The highest BCUT2D eigenvalue weighted by atomic mass is 35.5. The Morgan fingerprint density at radius 2 is 2.00 bits per heavy atom. The Kier molecular flexibility index (Phi) is 3.53. The van der Waals surface area contributed by atoms with Gasteiger partial charge in [0.05, 0.1) is 15.7 Å². The summed E-state index contributed by atoms with van der Waals surface area (Å²) in [5.41, 5.74) is 6.29. The Hall–Kier alpha value is -0.970. The van der Waals surface area contributed by atoms with Gasteiger partial charge in [0.25, 0.3) is 0 Å². The molecule has 3 nitrogen and oxygen atoms in total. The van der Waals surface area contributed by atoms with Crippen LogP contribution in [0, 0.1) is 0 Å². The van der Waals surface area contributed by atoms with E-state index in [1.807, 2.05) is 0 Å². The van der Waals surface area contributed by atoms with Gasteiger partial charge in [0, 0.05) is 12.4 Å². The van der Waals surface area contributed by atoms with Crippen LogP contribution in [0.25, 0.3) is 0 Å². The first-order chi connectivity index (χ1) is 7.66. The molecule has 0 aliphatic heterocycles. The van der Waals surface area contributed by atoms with E-state index >= 15 is 0 Å². The molecule has 0 fully saturated rings. The van der Waals surface area contributed by atoms with Crippen molar-refractivity contribution in [1.82, 2.24) is 9.97 Å². The van der Waals surface area contributed by atoms with E-state index in [0.717, 1.165) is 0 Å². The monoisotopic (exact) mass is 271 g/mol. The molecule has 0 spiro atoms. The van der Waals surface area contributed by atoms with E-state index in [0.29, 0.717) is 25.8 Å². The molecule has 2 aromatic rings. The van der Waals surface area contributed by atoms with Gasteiger partial charge in [-0.15, -0.1) is 0 Å². The molecule has 0 aliphatic carbocycles. The molecule has 0 aliphatic rings. The minimum Gasteiger partial charge on any atom is -0.396 e. The fourth-order valence-electron chi connectivity index (χ4n) is 1.07. The quantitative estimate of drug-likeness (QED) is 0.908. The first-order valence-electron chi connectivity index (χ1n) is 4.36. The van der Waals surface area contributed by atoms with E-state index in [2.05, 4.69) is 9.97 Å². The van der Waals surface area contributed by atoms with Gasteiger partial charge in [-0.1, -0.05) is 23.2 Å². The SMILES string of the molecule is Nc1cc(Cl)cnc1Sc1ncccc1Cl. The van der Waals surface area contributed by atoms with E-state index < -0.39 is 0 Å². The van der Waals surface area contributed by atoms with Crippen molar-refractivity contribution < 1.29 is 0 Å². The zero-order valence-corrected chi connectivity index (χ0v) is 10.4. The van der Waals surface area contributed by atoms with Crippen molar-refractivity contribution in [2.75, 3.05) is 5.73 Å². The smallest absolute Gasteiger partial charge is 0.125 e. The zero-order chi connectivity index (χ0) is 11.5. The minimum absolute atomic E-state index is 0.508. The Balaban J connectivity index is 2.31. The van der Waals surface area contributed by atoms with E-state index in [1.54, 1.807) is 24.4 Å². The van der Waals surface area contributed by atoms with Crippen LogP contribution in [0.15, 0.2) is 40.6 Å². The molecule has 0 bridgehead atoms. The van der Waals surface area contributed by atoms with Crippen LogP contribution < -0.4 is 5.73 Å². The highest BCUT2D eigenvalue weighted by molar-refractivity contribution is 7.99. The molecule has 0 saturated heterocycles. The lowest BCUT2D eigenvalue weighted by atomic mass is 10.4. The summed E-state index contributed by atoms with van der Waals surface area (Å²) in [6.45, 7) is 0. The second-order valence-electron chi connectivity index (χ2n) is 2.94. The molecule has 2 heterocycles. The summed E-state index contributed by atoms with van der Waals surface area (Å²) in [6, 6.07) is 5.18. The van der Waals surface area contributed by atoms with Crippen LogP contribution >= 0.6 is 35.0 Å². The number of hydrogen-bond acceptors (Lipinski definition) is 4. The molecular formula is C10H7Cl2N3S. The molecule has 0 radical (unpaired) electrons. The lowest BCUT2D eigenvalue weighted by Gasteiger charge is -2.04. The van der Waals surface area contributed by atoms with Crippen molar-refractivity contribution in [3.63, 3.8) is 0 Å². The maximum Gasteiger partial charge on any atom is 0.125 e. The topological polar surface area (TPSA) is 51.8 Å². The summed E-state index contributed by atoms with van der Waals surface area (Å²) >= 11 is 13.0. The lowest BCUT2D eigenvalue weighted by Crippen LogP contribution is -1.92. The average molecular weight is 272 g/mol. The van der Waals surface area contributed by atoms with Crippen molar-refractivity contribution >= 4 is 40.7 Å². The summed E-state index contributed by atoms with van der Waals surface area (Å²) in [4.78, 5) is 8.26. The summed E-state index contributed by atoms with van der Waals surface area (Å²) in [6.07, 6.45) is 3.21. The molecule has 0 saturated carbocycles. The van der Waals surface area contributed by atoms with Gasteiger partial charge in [-0.3, -0.25) is 0 Å². The van der Waals surface area contributed by atoms with Crippen molar-refractivity contribution in [2.24, 2.45) is 0 Å². The molecule has 0 atom stereocenters. The van der Waals surface area contributed by atoms with Crippen molar-refractivity contribution in [1.29, 1.82) is 0 Å². The normalized spacial score (nSPS) is 10.4. The number of nitrogens with zero attached hydrogens (tertiary/aromatic N) is 2. The van der Waals surface area contributed by atoms with Gasteiger partial charge in [0.15, 0.2) is 0 Å². The maximum absolute atomic E-state index is 5.98. The second kappa shape index (κ2) is 4.91. The van der Waals surface area contributed by atoms with Crippen LogP contribution in [0.2, 0.25) is 10.0 Å². The highest BCUT2D eigenvalue weighted by Gasteiger charge is 2.08. The first-order valence-corrected chi connectivity index (χ1v) is 5.93. The number of halogens is 2. The predicted octanol–water partition coefficient (Wildman–Crippen LogP) is 3.52. The second-order valence-corrected chi connectivity index (χ2v) is 4.76. The zero-order valence-electron chi connectivity index (χ0n) is 8.02. The maximum atomic E-state index is 5.98. The summed E-state index contributed by atoms with van der Waals surface area (Å²) in [5, 5.41) is 2.40. The van der Waals surface area contributed by atoms with Gasteiger partial charge >= 0.3 is 0 Å². The molecule has 2 rings (SSSR count). The molecule has 82 valence electrons. The third-order valence-corrected chi connectivity index (χ3v) is 3.44. The van der Waals surface area contributed by atoms with Crippen molar-refractivity contribution in [3.8, 4) is 0 Å². The molecule has 16 heavy (non-hydrogen) atoms. The van der Waals surface area contributed by atoms with E-state index in [1.165, 1.54) is 18.0 Å². The number of nitrogens with two attached hydrogens (primary N) is 1. The van der Waals surface area contributed by atoms with E-state index in [9.17, 15) is 0 Å². The van der Waals surface area contributed by atoms with Crippen LogP contribution in [0.4, 0.5) is 5.69 Å². The number of aromatic nitrogens is 2. The van der Waals surface area contributed by atoms with E-state index in [-0.39, 0.29) is 0 Å². The number of hydrogen-bond donors (Lipinski definition) is 1. The predicted molar refractivity (Wildman–Crippen MR) is 67.0 cm³/mol. The Morgan fingerprint density at radius 3 is 2.69 bits per heavy atom. The van der Waals surface area contributed by atoms with Crippen molar-refractivity contribution in [3.05, 3.63) is 40.6 Å². The van der Waals surface area contributed by atoms with E-state index in [4.69, 9.17) is 28.9 Å². The van der Waals surface area contributed by atoms with Gasteiger partial charge in [-0.2, -0.15) is 0 Å². The third kappa shape index (κ3) is 2.58. The van der Waals surface area contributed by atoms with Crippen LogP contribution in [-0.4, -0.2) is 9.97 Å². The van der Waals surface area contributed by atoms with Crippen molar-refractivity contribution in [2.45, 2.75) is 10.1 Å². The van der Waals surface area contributed by atoms with Crippen LogP contribution in [-0.2, 0) is 0 Å². The minimum atomic E-state index is 0.508. The highest BCUT2D eigenvalue weighted by Crippen LogP contribution is 2.33. The lowest BCUT2D eigenvalue weighted by molar-refractivity contribution is 1.10. The van der Waals surface area contributed by atoms with Gasteiger partial charge in [-0.05, 0) is 30.0 Å². The largest absolute Gasteiger partial charge is 0.396 e. The molecule has 2 N–H and O–H groups in total. The van der Waals surface area contributed by atoms with Gasteiger partial charge in [0.1, 0.15) is 10.1 Å². The Bertz CT molecular complexity index is 519. The molecule has 0 aromatic carbocycles. The Morgan fingerprint density at radius 1 is 1.19 bits per heavy atom. The summed E-state index contributed by atoms with van der Waals surface area (Å²) in [7, 11) is 0. The van der Waals surface area contributed by atoms with Gasteiger partial charge < -0.3 is 5.73 Å². The standard InChI is InChI=1S/C10H7Cl2N3S/c11-6-4-8(13)10(15-5-6)16-9-7(12)2-1-3-14-9/h1-5H,13H2. The average Bonchev–Trinajstić information content (AvgIpc) is 2.25. The first kappa shape index (κ1) is 11.5. The molecular weight excluding hydrogens is 265 g/mol. The fraction of sp³-hybridized carbons (Fsp3) is 0.